The van der Waals surface area contributed by atoms with Gasteiger partial charge in [-0.1, -0.05) is 36.4 Å². The summed E-state index contributed by atoms with van der Waals surface area (Å²) in [5.74, 6) is 1.38. The minimum absolute atomic E-state index is 0.131. The van der Waals surface area contributed by atoms with Crippen molar-refractivity contribution in [3.05, 3.63) is 59.7 Å². The smallest absolute Gasteiger partial charge is 0.235 e. The number of benzene rings is 2. The van der Waals surface area contributed by atoms with Crippen LogP contribution in [0.2, 0.25) is 0 Å². The second kappa shape index (κ2) is 5.46. The number of carbonyl (C=O) groups is 1. The molecule has 4 heteroatoms. The van der Waals surface area contributed by atoms with Gasteiger partial charge < -0.3 is 14.4 Å². The Hall–Kier alpha value is -2.33. The summed E-state index contributed by atoms with van der Waals surface area (Å²) in [6.07, 6.45) is 0. The van der Waals surface area contributed by atoms with E-state index in [2.05, 4.69) is 0 Å². The molecular weight excluding hydrogens is 278 g/mol. The Labute approximate surface area is 129 Å². The molecule has 0 atom stereocenters. The van der Waals surface area contributed by atoms with Crippen molar-refractivity contribution in [3.8, 4) is 11.5 Å². The van der Waals surface area contributed by atoms with Gasteiger partial charge in [-0.25, -0.2) is 0 Å². The average molecular weight is 295 g/mol. The highest BCUT2D eigenvalue weighted by molar-refractivity contribution is 5.89. The van der Waals surface area contributed by atoms with Crippen LogP contribution in [0.5, 0.6) is 11.5 Å². The summed E-state index contributed by atoms with van der Waals surface area (Å²) in [6, 6.07) is 15.6. The van der Waals surface area contributed by atoms with Crippen molar-refractivity contribution in [2.45, 2.75) is 5.92 Å². The molecule has 1 amide bonds. The van der Waals surface area contributed by atoms with Gasteiger partial charge >= 0.3 is 0 Å². The maximum absolute atomic E-state index is 13.1. The van der Waals surface area contributed by atoms with Gasteiger partial charge in [0.15, 0.2) is 0 Å². The molecule has 0 bridgehead atoms. The summed E-state index contributed by atoms with van der Waals surface area (Å²) in [6.45, 7) is 2.53. The standard InChI is InChI=1S/C18H17NO3/c20-18(19-9-11-21-12-10-19)17-13-5-1-3-7-15(13)22-16-8-4-2-6-14(16)17/h1-8,17H,9-12H2. The van der Waals surface area contributed by atoms with E-state index in [0.717, 1.165) is 22.6 Å². The molecule has 0 aromatic heterocycles. The zero-order valence-electron chi connectivity index (χ0n) is 12.2. The minimum Gasteiger partial charge on any atom is -0.457 e. The Morgan fingerprint density at radius 3 is 2.05 bits per heavy atom. The average Bonchev–Trinajstić information content (AvgIpc) is 2.60. The fraction of sp³-hybridized carbons (Fsp3) is 0.278. The van der Waals surface area contributed by atoms with Crippen molar-refractivity contribution in [1.29, 1.82) is 0 Å². The lowest BCUT2D eigenvalue weighted by molar-refractivity contribution is -0.136. The van der Waals surface area contributed by atoms with Gasteiger partial charge in [-0.15, -0.1) is 0 Å². The van der Waals surface area contributed by atoms with Crippen molar-refractivity contribution < 1.29 is 14.3 Å². The first-order valence-electron chi connectivity index (χ1n) is 7.57. The Bertz CT molecular complexity index is 661. The van der Waals surface area contributed by atoms with Crippen LogP contribution >= 0.6 is 0 Å². The van der Waals surface area contributed by atoms with E-state index >= 15 is 0 Å². The molecule has 4 rings (SSSR count). The predicted octanol–water partition coefficient (Wildman–Crippen LogP) is 2.78. The zero-order chi connectivity index (χ0) is 14.9. The van der Waals surface area contributed by atoms with E-state index in [9.17, 15) is 4.79 Å². The highest BCUT2D eigenvalue weighted by atomic mass is 16.5. The molecule has 1 saturated heterocycles. The molecule has 0 unspecified atom stereocenters. The summed E-state index contributed by atoms with van der Waals surface area (Å²) >= 11 is 0. The molecule has 0 spiro atoms. The first-order chi connectivity index (χ1) is 10.8. The molecule has 2 aliphatic heterocycles. The molecule has 22 heavy (non-hydrogen) atoms. The second-order valence-electron chi connectivity index (χ2n) is 5.55. The molecular formula is C18H17NO3. The van der Waals surface area contributed by atoms with E-state index in [-0.39, 0.29) is 11.8 Å². The summed E-state index contributed by atoms with van der Waals surface area (Å²) in [5, 5.41) is 0. The summed E-state index contributed by atoms with van der Waals surface area (Å²) in [5.41, 5.74) is 1.88. The van der Waals surface area contributed by atoms with Gasteiger partial charge in [-0.05, 0) is 12.1 Å². The first-order valence-corrected chi connectivity index (χ1v) is 7.57. The van der Waals surface area contributed by atoms with Crippen LogP contribution in [0.15, 0.2) is 48.5 Å². The van der Waals surface area contributed by atoms with E-state index in [4.69, 9.17) is 9.47 Å². The Morgan fingerprint density at radius 1 is 0.909 bits per heavy atom. The fourth-order valence-corrected chi connectivity index (χ4v) is 3.14. The number of rotatable bonds is 1. The van der Waals surface area contributed by atoms with Gasteiger partial charge in [0.25, 0.3) is 0 Å². The molecule has 2 aromatic carbocycles. The third kappa shape index (κ3) is 2.16. The van der Waals surface area contributed by atoms with Crippen molar-refractivity contribution in [2.75, 3.05) is 26.3 Å². The van der Waals surface area contributed by atoms with E-state index in [0.29, 0.717) is 26.3 Å². The highest BCUT2D eigenvalue weighted by Crippen LogP contribution is 2.44. The van der Waals surface area contributed by atoms with Crippen LogP contribution in [-0.4, -0.2) is 37.1 Å². The molecule has 4 nitrogen and oxygen atoms in total. The third-order valence-electron chi connectivity index (χ3n) is 4.25. The monoisotopic (exact) mass is 295 g/mol. The molecule has 1 fully saturated rings. The molecule has 0 radical (unpaired) electrons. The Kier molecular flexibility index (Phi) is 3.31. The van der Waals surface area contributed by atoms with Crippen LogP contribution < -0.4 is 4.74 Å². The van der Waals surface area contributed by atoms with Gasteiger partial charge in [0.2, 0.25) is 5.91 Å². The van der Waals surface area contributed by atoms with Crippen LogP contribution in [0.4, 0.5) is 0 Å². The number of ether oxygens (including phenoxy) is 2. The fourth-order valence-electron chi connectivity index (χ4n) is 3.14. The van der Waals surface area contributed by atoms with Crippen molar-refractivity contribution in [2.24, 2.45) is 0 Å². The van der Waals surface area contributed by atoms with E-state index < -0.39 is 0 Å². The summed E-state index contributed by atoms with van der Waals surface area (Å²) in [4.78, 5) is 15.0. The largest absolute Gasteiger partial charge is 0.457 e. The number of nitrogens with zero attached hydrogens (tertiary/aromatic N) is 1. The van der Waals surface area contributed by atoms with Crippen LogP contribution in [0.3, 0.4) is 0 Å². The predicted molar refractivity (Wildman–Crippen MR) is 82.2 cm³/mol. The number of morpholine rings is 1. The quantitative estimate of drug-likeness (QED) is 0.812. The second-order valence-corrected chi connectivity index (χ2v) is 5.55. The molecule has 2 aromatic rings. The lowest BCUT2D eigenvalue weighted by Crippen LogP contribution is -2.43. The van der Waals surface area contributed by atoms with Gasteiger partial charge in [0.05, 0.1) is 19.1 Å². The van der Waals surface area contributed by atoms with Crippen LogP contribution in [-0.2, 0) is 9.53 Å². The summed E-state index contributed by atoms with van der Waals surface area (Å²) in [7, 11) is 0. The number of amides is 1. The van der Waals surface area contributed by atoms with Crippen LogP contribution in [0.1, 0.15) is 17.0 Å². The normalized spacial score (nSPS) is 17.4. The minimum atomic E-state index is -0.292. The number of para-hydroxylation sites is 2. The lowest BCUT2D eigenvalue weighted by atomic mass is 9.86. The molecule has 2 aliphatic rings. The lowest BCUT2D eigenvalue weighted by Gasteiger charge is -2.33. The molecule has 2 heterocycles. The summed E-state index contributed by atoms with van der Waals surface area (Å²) < 4.78 is 11.3. The topological polar surface area (TPSA) is 38.8 Å². The Balaban J connectivity index is 1.78. The molecule has 0 N–H and O–H groups in total. The van der Waals surface area contributed by atoms with Crippen LogP contribution in [0.25, 0.3) is 0 Å². The van der Waals surface area contributed by atoms with Gasteiger partial charge in [-0.2, -0.15) is 0 Å². The zero-order valence-corrected chi connectivity index (χ0v) is 12.2. The Morgan fingerprint density at radius 2 is 1.45 bits per heavy atom. The van der Waals surface area contributed by atoms with Gasteiger partial charge in [-0.3, -0.25) is 4.79 Å². The maximum atomic E-state index is 13.1. The number of carbonyl (C=O) groups excluding carboxylic acids is 1. The van der Waals surface area contributed by atoms with E-state index in [1.165, 1.54) is 0 Å². The highest BCUT2D eigenvalue weighted by Gasteiger charge is 2.35. The van der Waals surface area contributed by atoms with E-state index in [1.54, 1.807) is 0 Å². The SMILES string of the molecule is O=C(C1c2ccccc2Oc2ccccc21)N1CCOCC1. The van der Waals surface area contributed by atoms with Gasteiger partial charge in [0, 0.05) is 24.2 Å². The first kappa shape index (κ1) is 13.3. The number of hydrogen-bond donors (Lipinski definition) is 0. The van der Waals surface area contributed by atoms with E-state index in [1.807, 2.05) is 53.4 Å². The number of fused-ring (bicyclic) bond motifs is 2. The van der Waals surface area contributed by atoms with Crippen molar-refractivity contribution in [3.63, 3.8) is 0 Å². The maximum Gasteiger partial charge on any atom is 0.235 e. The molecule has 112 valence electrons. The van der Waals surface area contributed by atoms with Crippen molar-refractivity contribution >= 4 is 5.91 Å². The van der Waals surface area contributed by atoms with Crippen molar-refractivity contribution in [1.82, 2.24) is 4.90 Å². The van der Waals surface area contributed by atoms with Crippen LogP contribution in [0, 0.1) is 0 Å². The third-order valence-corrected chi connectivity index (χ3v) is 4.25. The molecule has 0 saturated carbocycles. The number of hydrogen-bond acceptors (Lipinski definition) is 3. The van der Waals surface area contributed by atoms with Gasteiger partial charge in [0.1, 0.15) is 11.5 Å². The molecule has 0 aliphatic carbocycles.